The van der Waals surface area contributed by atoms with Crippen LogP contribution in [0.15, 0.2) is 24.3 Å². The van der Waals surface area contributed by atoms with Crippen LogP contribution in [0.25, 0.3) is 0 Å². The molecular weight excluding hydrogens is 318 g/mol. The van der Waals surface area contributed by atoms with E-state index in [2.05, 4.69) is 15.5 Å². The van der Waals surface area contributed by atoms with Crippen LogP contribution in [0.3, 0.4) is 0 Å². The Bertz CT molecular complexity index is 468. The molecule has 1 aliphatic heterocycles. The summed E-state index contributed by atoms with van der Waals surface area (Å²) >= 11 is 0. The quantitative estimate of drug-likeness (QED) is 0.687. The minimum atomic E-state index is -0.105. The predicted molar refractivity (Wildman–Crippen MR) is 92.7 cm³/mol. The van der Waals surface area contributed by atoms with Gasteiger partial charge >= 0.3 is 0 Å². The van der Waals surface area contributed by atoms with E-state index in [1.165, 1.54) is 0 Å². The number of amides is 1. The van der Waals surface area contributed by atoms with Crippen molar-refractivity contribution in [2.45, 2.75) is 6.42 Å². The van der Waals surface area contributed by atoms with Gasteiger partial charge in [-0.3, -0.25) is 4.79 Å². The van der Waals surface area contributed by atoms with Crippen LogP contribution in [0.5, 0.6) is 11.5 Å². The Labute approximate surface area is 143 Å². The Morgan fingerprint density at radius 1 is 1.26 bits per heavy atom. The van der Waals surface area contributed by atoms with Crippen molar-refractivity contribution in [1.29, 1.82) is 0 Å². The standard InChI is InChI=1S/C16H25N3O3.ClH/c1-21-14-5-2-3-6-15(14)22-13-16(20)18-7-4-10-19-11-8-17-9-12-19;/h2-3,5-6,17H,4,7-13H2,1H3,(H,18,20);1H. The van der Waals surface area contributed by atoms with Crippen LogP contribution in [0.2, 0.25) is 0 Å². The number of hydrogen-bond donors (Lipinski definition) is 2. The summed E-state index contributed by atoms with van der Waals surface area (Å²) in [6.45, 7) is 6.00. The normalized spacial score (nSPS) is 14.7. The van der Waals surface area contributed by atoms with Crippen LogP contribution in [0.1, 0.15) is 6.42 Å². The minimum absolute atomic E-state index is 0. The molecule has 1 amide bonds. The molecule has 0 unspecified atom stereocenters. The van der Waals surface area contributed by atoms with Gasteiger partial charge in [-0.2, -0.15) is 0 Å². The molecular formula is C16H26ClN3O3. The molecule has 2 N–H and O–H groups in total. The summed E-state index contributed by atoms with van der Waals surface area (Å²) in [5.41, 5.74) is 0. The van der Waals surface area contributed by atoms with Crippen LogP contribution in [-0.2, 0) is 4.79 Å². The van der Waals surface area contributed by atoms with Crippen LogP contribution >= 0.6 is 12.4 Å². The van der Waals surface area contributed by atoms with Crippen molar-refractivity contribution < 1.29 is 14.3 Å². The molecule has 0 saturated carbocycles. The number of halogens is 1. The lowest BCUT2D eigenvalue weighted by atomic mass is 10.3. The molecule has 2 rings (SSSR count). The predicted octanol–water partition coefficient (Wildman–Crippen LogP) is 0.907. The number of piperazine rings is 1. The van der Waals surface area contributed by atoms with Gasteiger partial charge in [0.05, 0.1) is 7.11 Å². The topological polar surface area (TPSA) is 62.8 Å². The summed E-state index contributed by atoms with van der Waals surface area (Å²) in [6.07, 6.45) is 0.959. The average Bonchev–Trinajstić information content (AvgIpc) is 2.58. The van der Waals surface area contributed by atoms with Crippen molar-refractivity contribution in [2.75, 3.05) is 53.0 Å². The summed E-state index contributed by atoms with van der Waals surface area (Å²) in [7, 11) is 1.58. The first-order valence-electron chi connectivity index (χ1n) is 7.75. The molecule has 0 spiro atoms. The minimum Gasteiger partial charge on any atom is -0.493 e. The van der Waals surface area contributed by atoms with E-state index in [-0.39, 0.29) is 24.9 Å². The Morgan fingerprint density at radius 3 is 2.65 bits per heavy atom. The van der Waals surface area contributed by atoms with Crippen molar-refractivity contribution in [3.63, 3.8) is 0 Å². The molecule has 6 nitrogen and oxygen atoms in total. The molecule has 1 aromatic rings. The number of carbonyl (C=O) groups excluding carboxylic acids is 1. The van der Waals surface area contributed by atoms with Gasteiger partial charge in [0.15, 0.2) is 18.1 Å². The molecule has 0 aliphatic carbocycles. The summed E-state index contributed by atoms with van der Waals surface area (Å²) in [6, 6.07) is 7.31. The zero-order valence-corrected chi connectivity index (χ0v) is 14.4. The first kappa shape index (κ1) is 19.5. The highest BCUT2D eigenvalue weighted by Gasteiger charge is 2.09. The van der Waals surface area contributed by atoms with Crippen LogP contribution in [0, 0.1) is 0 Å². The number of rotatable bonds is 8. The summed E-state index contributed by atoms with van der Waals surface area (Å²) in [5, 5.41) is 6.21. The number of carbonyl (C=O) groups is 1. The van der Waals surface area contributed by atoms with Gasteiger partial charge in [-0.25, -0.2) is 0 Å². The number of nitrogens with one attached hydrogen (secondary N) is 2. The molecule has 23 heavy (non-hydrogen) atoms. The smallest absolute Gasteiger partial charge is 0.257 e. The molecule has 0 bridgehead atoms. The van der Waals surface area contributed by atoms with Gasteiger partial charge in [0.1, 0.15) is 0 Å². The number of ether oxygens (including phenoxy) is 2. The monoisotopic (exact) mass is 343 g/mol. The van der Waals surface area contributed by atoms with Gasteiger partial charge in [-0.05, 0) is 25.1 Å². The molecule has 1 heterocycles. The maximum absolute atomic E-state index is 11.8. The van der Waals surface area contributed by atoms with Crippen molar-refractivity contribution in [1.82, 2.24) is 15.5 Å². The second-order valence-corrected chi connectivity index (χ2v) is 5.23. The number of nitrogens with zero attached hydrogens (tertiary/aromatic N) is 1. The Morgan fingerprint density at radius 2 is 1.96 bits per heavy atom. The SMILES string of the molecule is COc1ccccc1OCC(=O)NCCCN1CCNCC1.Cl. The maximum atomic E-state index is 11.8. The van der Waals surface area contributed by atoms with E-state index in [0.29, 0.717) is 18.0 Å². The van der Waals surface area contributed by atoms with Gasteiger partial charge in [0.2, 0.25) is 0 Å². The molecule has 7 heteroatoms. The van der Waals surface area contributed by atoms with Gasteiger partial charge in [0.25, 0.3) is 5.91 Å². The largest absolute Gasteiger partial charge is 0.493 e. The van der Waals surface area contributed by atoms with E-state index >= 15 is 0 Å². The molecule has 0 radical (unpaired) electrons. The highest BCUT2D eigenvalue weighted by molar-refractivity contribution is 5.85. The van der Waals surface area contributed by atoms with E-state index in [1.807, 2.05) is 12.1 Å². The fraction of sp³-hybridized carbons (Fsp3) is 0.562. The van der Waals surface area contributed by atoms with Crippen LogP contribution in [0.4, 0.5) is 0 Å². The summed E-state index contributed by atoms with van der Waals surface area (Å²) in [5.74, 6) is 1.11. The third kappa shape index (κ3) is 7.07. The van der Waals surface area contributed by atoms with Crippen LogP contribution in [-0.4, -0.2) is 63.8 Å². The fourth-order valence-electron chi connectivity index (χ4n) is 2.40. The molecule has 0 aromatic heterocycles. The molecule has 1 aromatic carbocycles. The van der Waals surface area contributed by atoms with E-state index in [4.69, 9.17) is 9.47 Å². The van der Waals surface area contributed by atoms with E-state index in [9.17, 15) is 4.79 Å². The second kappa shape index (κ2) is 11.1. The van der Waals surface area contributed by atoms with E-state index in [1.54, 1.807) is 19.2 Å². The maximum Gasteiger partial charge on any atom is 0.257 e. The molecule has 1 saturated heterocycles. The van der Waals surface area contributed by atoms with Crippen molar-refractivity contribution in [3.05, 3.63) is 24.3 Å². The lowest BCUT2D eigenvalue weighted by Gasteiger charge is -2.27. The second-order valence-electron chi connectivity index (χ2n) is 5.23. The average molecular weight is 344 g/mol. The lowest BCUT2D eigenvalue weighted by molar-refractivity contribution is -0.123. The van der Waals surface area contributed by atoms with Gasteiger partial charge in [0, 0.05) is 32.7 Å². The van der Waals surface area contributed by atoms with Crippen LogP contribution < -0.4 is 20.1 Å². The first-order chi connectivity index (χ1) is 10.8. The van der Waals surface area contributed by atoms with E-state index in [0.717, 1.165) is 39.1 Å². The van der Waals surface area contributed by atoms with Crippen molar-refractivity contribution in [3.8, 4) is 11.5 Å². The third-order valence-corrected chi connectivity index (χ3v) is 3.61. The highest BCUT2D eigenvalue weighted by atomic mass is 35.5. The fourth-order valence-corrected chi connectivity index (χ4v) is 2.40. The van der Waals surface area contributed by atoms with Crippen molar-refractivity contribution >= 4 is 18.3 Å². The molecule has 0 atom stereocenters. The molecule has 1 aliphatic rings. The number of benzene rings is 1. The zero-order valence-electron chi connectivity index (χ0n) is 13.5. The third-order valence-electron chi connectivity index (χ3n) is 3.61. The Balaban J connectivity index is 0.00000264. The highest BCUT2D eigenvalue weighted by Crippen LogP contribution is 2.25. The van der Waals surface area contributed by atoms with Gasteiger partial charge in [-0.1, -0.05) is 12.1 Å². The van der Waals surface area contributed by atoms with E-state index < -0.39 is 0 Å². The zero-order chi connectivity index (χ0) is 15.6. The molecule has 1 fully saturated rings. The Kier molecular flexibility index (Phi) is 9.43. The van der Waals surface area contributed by atoms with Gasteiger partial charge < -0.3 is 25.0 Å². The lowest BCUT2D eigenvalue weighted by Crippen LogP contribution is -2.44. The van der Waals surface area contributed by atoms with Gasteiger partial charge in [-0.15, -0.1) is 12.4 Å². The van der Waals surface area contributed by atoms with Crippen molar-refractivity contribution in [2.24, 2.45) is 0 Å². The number of para-hydroxylation sites is 2. The number of hydrogen-bond acceptors (Lipinski definition) is 5. The first-order valence-corrected chi connectivity index (χ1v) is 7.75. The Hall–Kier alpha value is -1.50. The summed E-state index contributed by atoms with van der Waals surface area (Å²) in [4.78, 5) is 14.2. The number of methoxy groups -OCH3 is 1. The molecule has 130 valence electrons. The summed E-state index contributed by atoms with van der Waals surface area (Å²) < 4.78 is 10.7.